The molecule has 52 heavy (non-hydrogen) atoms. The molecule has 11 nitrogen and oxygen atoms in total. The van der Waals surface area contributed by atoms with Gasteiger partial charge in [0, 0.05) is 17.9 Å². The second-order valence-electron chi connectivity index (χ2n) is 12.8. The molecule has 1 aromatic heterocycles. The Balaban J connectivity index is 1.45. The summed E-state index contributed by atoms with van der Waals surface area (Å²) in [6.45, 7) is 3.72. The van der Waals surface area contributed by atoms with E-state index in [2.05, 4.69) is 10.3 Å². The van der Waals surface area contributed by atoms with Crippen LogP contribution < -0.4 is 20.5 Å². The highest BCUT2D eigenvalue weighted by atomic mass is 31.2. The molecule has 1 aliphatic rings. The van der Waals surface area contributed by atoms with Crippen molar-refractivity contribution in [2.24, 2.45) is 0 Å². The van der Waals surface area contributed by atoms with Crippen LogP contribution in [0.3, 0.4) is 0 Å². The number of nitrogens with zero attached hydrogens (tertiary/aromatic N) is 2. The molecule has 2 heterocycles. The maximum absolute atomic E-state index is 13.7. The van der Waals surface area contributed by atoms with E-state index in [-0.39, 0.29) is 19.0 Å². The third-order valence-corrected chi connectivity index (χ3v) is 10.2. The van der Waals surface area contributed by atoms with Gasteiger partial charge in [-0.3, -0.25) is 9.36 Å². The van der Waals surface area contributed by atoms with E-state index in [1.165, 1.54) is 10.8 Å². The lowest BCUT2D eigenvalue weighted by molar-refractivity contribution is -0.132. The molecule has 0 unspecified atom stereocenters. The van der Waals surface area contributed by atoms with Crippen LogP contribution in [0.5, 0.6) is 11.5 Å². The number of nitrogens with one attached hydrogen (secondary N) is 1. The first-order chi connectivity index (χ1) is 25.1. The normalized spacial score (nSPS) is 17.4. The smallest absolute Gasteiger partial charge is 0.351 e. The summed E-state index contributed by atoms with van der Waals surface area (Å²) in [6.07, 6.45) is -0.656. The Bertz CT molecular complexity index is 2000. The van der Waals surface area contributed by atoms with Gasteiger partial charge in [-0.25, -0.2) is 4.79 Å². The maximum atomic E-state index is 13.7. The Kier molecular flexibility index (Phi) is 11.4. The Morgan fingerprint density at radius 3 is 1.94 bits per heavy atom. The van der Waals surface area contributed by atoms with Crippen LogP contribution in [0.25, 0.3) is 0 Å². The molecular formula is C40H42N3O8P. The molecule has 6 rings (SSSR count). The topological polar surface area (TPSA) is 127 Å². The Morgan fingerprint density at radius 2 is 1.40 bits per heavy atom. The number of rotatable bonds is 14. The summed E-state index contributed by atoms with van der Waals surface area (Å²) in [7, 11) is 0.824. The zero-order valence-electron chi connectivity index (χ0n) is 29.5. The number of hydrogen-bond donors (Lipinski definition) is 1. The quantitative estimate of drug-likeness (QED) is 0.102. The van der Waals surface area contributed by atoms with Crippen LogP contribution in [0.1, 0.15) is 33.3 Å². The number of benzene rings is 4. The molecule has 0 radical (unpaired) electrons. The van der Waals surface area contributed by atoms with Crippen molar-refractivity contribution in [3.05, 3.63) is 154 Å². The largest absolute Gasteiger partial charge is 0.497 e. The molecule has 1 fully saturated rings. The SMILES string of the molecule is COc1ccc(C(O[C@@H]2[C@@H](OCCP(C)(C)=O)CO[C@H]2n2ccc(NC(=O)c3ccccc3)nc2=O)(c2ccccc2)c2ccc(OC)cc2)cc1. The highest BCUT2D eigenvalue weighted by Gasteiger charge is 2.49. The van der Waals surface area contributed by atoms with Crippen LogP contribution in [0, 0.1) is 0 Å². The first-order valence-corrected chi connectivity index (χ1v) is 19.6. The molecule has 0 saturated carbocycles. The van der Waals surface area contributed by atoms with Crippen molar-refractivity contribution in [3.63, 3.8) is 0 Å². The van der Waals surface area contributed by atoms with Gasteiger partial charge in [0.2, 0.25) is 0 Å². The highest BCUT2D eigenvalue weighted by molar-refractivity contribution is 7.62. The molecule has 5 aromatic rings. The second kappa shape index (κ2) is 16.1. The predicted molar refractivity (Wildman–Crippen MR) is 199 cm³/mol. The molecular weight excluding hydrogens is 681 g/mol. The van der Waals surface area contributed by atoms with Crippen molar-refractivity contribution < 1.29 is 33.0 Å². The molecule has 0 bridgehead atoms. The fourth-order valence-corrected chi connectivity index (χ4v) is 6.74. The van der Waals surface area contributed by atoms with E-state index < -0.39 is 42.8 Å². The number of carbonyl (C=O) groups excluding carboxylic acids is 1. The predicted octanol–water partition coefficient (Wildman–Crippen LogP) is 6.43. The average molecular weight is 724 g/mol. The van der Waals surface area contributed by atoms with Gasteiger partial charge in [0.25, 0.3) is 5.91 Å². The van der Waals surface area contributed by atoms with Gasteiger partial charge in [0.15, 0.2) is 6.23 Å². The van der Waals surface area contributed by atoms with E-state index in [0.717, 1.165) is 16.7 Å². The van der Waals surface area contributed by atoms with Crippen molar-refractivity contribution in [2.45, 2.75) is 24.0 Å². The van der Waals surface area contributed by atoms with Crippen molar-refractivity contribution in [1.29, 1.82) is 0 Å². The van der Waals surface area contributed by atoms with Gasteiger partial charge in [-0.05, 0) is 72.5 Å². The van der Waals surface area contributed by atoms with E-state index in [0.29, 0.717) is 23.2 Å². The zero-order valence-corrected chi connectivity index (χ0v) is 30.4. The van der Waals surface area contributed by atoms with Gasteiger partial charge < -0.3 is 33.6 Å². The third-order valence-electron chi connectivity index (χ3n) is 8.91. The Morgan fingerprint density at radius 1 is 0.846 bits per heavy atom. The summed E-state index contributed by atoms with van der Waals surface area (Å²) in [6, 6.07) is 35.2. The summed E-state index contributed by atoms with van der Waals surface area (Å²) in [4.78, 5) is 30.7. The number of methoxy groups -OCH3 is 2. The number of anilines is 1. The van der Waals surface area contributed by atoms with E-state index in [4.69, 9.17) is 23.7 Å². The monoisotopic (exact) mass is 723 g/mol. The van der Waals surface area contributed by atoms with Crippen molar-refractivity contribution in [1.82, 2.24) is 9.55 Å². The maximum Gasteiger partial charge on any atom is 0.351 e. The van der Waals surface area contributed by atoms with Crippen LogP contribution in [0.4, 0.5) is 5.82 Å². The molecule has 270 valence electrons. The van der Waals surface area contributed by atoms with E-state index in [9.17, 15) is 14.2 Å². The van der Waals surface area contributed by atoms with E-state index in [1.54, 1.807) is 57.9 Å². The second-order valence-corrected chi connectivity index (χ2v) is 16.4. The number of ether oxygens (including phenoxy) is 5. The zero-order chi connectivity index (χ0) is 36.7. The minimum Gasteiger partial charge on any atom is -0.497 e. The summed E-state index contributed by atoms with van der Waals surface area (Å²) in [5.74, 6) is 1.04. The molecule has 3 atom stereocenters. The van der Waals surface area contributed by atoms with Gasteiger partial charge in [0.05, 0.1) is 34.6 Å². The van der Waals surface area contributed by atoms with Gasteiger partial charge in [-0.15, -0.1) is 0 Å². The molecule has 0 spiro atoms. The van der Waals surface area contributed by atoms with Crippen LogP contribution in [0.2, 0.25) is 0 Å². The standard InChI is InChI=1S/C40H42N3O8P/c1-47-32-19-15-30(16-20-32)40(29-13-9-6-10-14-29,31-17-21-33(48-2)22-18-31)51-36-34(49-25-26-52(3,4)46)27-50-38(36)43-24-23-35(42-39(43)45)41-37(44)28-11-7-5-8-12-28/h5-24,34,36,38H,25-27H2,1-4H3,(H,41,42,44,45)/t34-,36+,38+/m0/s1. The van der Waals surface area contributed by atoms with Gasteiger partial charge in [-0.2, -0.15) is 4.98 Å². The fourth-order valence-electron chi connectivity index (χ4n) is 6.19. The minimum atomic E-state index is -2.39. The number of amides is 1. The molecule has 1 aliphatic heterocycles. The molecule has 0 aliphatic carbocycles. The number of aromatic nitrogens is 2. The Labute approximate surface area is 302 Å². The summed E-state index contributed by atoms with van der Waals surface area (Å²) in [5.41, 5.74) is 0.889. The first-order valence-electron chi connectivity index (χ1n) is 16.9. The first kappa shape index (κ1) is 36.7. The number of carbonyl (C=O) groups is 1. The lowest BCUT2D eigenvalue weighted by Gasteiger charge is -2.40. The number of hydrogen-bond acceptors (Lipinski definition) is 9. The fraction of sp³-hybridized carbons (Fsp3) is 0.275. The lowest BCUT2D eigenvalue weighted by Crippen LogP contribution is -2.45. The van der Waals surface area contributed by atoms with Crippen LogP contribution >= 0.6 is 7.14 Å². The molecule has 4 aromatic carbocycles. The van der Waals surface area contributed by atoms with Crippen molar-refractivity contribution in [2.75, 3.05) is 52.2 Å². The van der Waals surface area contributed by atoms with Crippen LogP contribution in [-0.2, 0) is 24.4 Å². The average Bonchev–Trinajstić information content (AvgIpc) is 3.55. The summed E-state index contributed by atoms with van der Waals surface area (Å²) >= 11 is 0. The van der Waals surface area contributed by atoms with E-state index in [1.807, 2.05) is 84.9 Å². The molecule has 12 heteroatoms. The summed E-state index contributed by atoms with van der Waals surface area (Å²) in [5, 5.41) is 2.69. The van der Waals surface area contributed by atoms with Gasteiger partial charge >= 0.3 is 5.69 Å². The Hall–Kier alpha value is -5.06. The van der Waals surface area contributed by atoms with E-state index >= 15 is 0 Å². The van der Waals surface area contributed by atoms with Crippen molar-refractivity contribution >= 4 is 18.9 Å². The molecule has 1 saturated heterocycles. The molecule has 1 amide bonds. The highest BCUT2D eigenvalue weighted by Crippen LogP contribution is 2.46. The van der Waals surface area contributed by atoms with Gasteiger partial charge in [-0.1, -0.05) is 72.8 Å². The summed E-state index contributed by atoms with van der Waals surface area (Å²) < 4.78 is 45.1. The van der Waals surface area contributed by atoms with Crippen molar-refractivity contribution in [3.8, 4) is 11.5 Å². The minimum absolute atomic E-state index is 0.0854. The van der Waals surface area contributed by atoms with Gasteiger partial charge in [0.1, 0.15) is 35.1 Å². The lowest BCUT2D eigenvalue weighted by atomic mass is 9.79. The molecule has 1 N–H and O–H groups in total. The van der Waals surface area contributed by atoms with Crippen LogP contribution in [0.15, 0.2) is 126 Å². The van der Waals surface area contributed by atoms with Crippen LogP contribution in [-0.4, -0.2) is 74.6 Å². The third kappa shape index (κ3) is 8.19.